The van der Waals surface area contributed by atoms with Gasteiger partial charge < -0.3 is 4.74 Å². The average Bonchev–Trinajstić information content (AvgIpc) is 2.79. The number of hydrogen-bond acceptors (Lipinski definition) is 1. The lowest BCUT2D eigenvalue weighted by molar-refractivity contribution is 0.389. The zero-order valence-corrected chi connectivity index (χ0v) is 10.7. The molecule has 1 saturated carbocycles. The summed E-state index contributed by atoms with van der Waals surface area (Å²) in [5.41, 5.74) is 1.69. The Morgan fingerprint density at radius 1 is 1.27 bits per heavy atom. The third kappa shape index (κ3) is 1.92. The molecule has 0 atom stereocenters. The highest BCUT2D eigenvalue weighted by molar-refractivity contribution is 9.09. The molecule has 1 aliphatic rings. The summed E-state index contributed by atoms with van der Waals surface area (Å²) in [6.45, 7) is 0. The van der Waals surface area contributed by atoms with E-state index in [4.69, 9.17) is 4.74 Å². The van der Waals surface area contributed by atoms with E-state index in [0.29, 0.717) is 5.41 Å². The summed E-state index contributed by atoms with van der Waals surface area (Å²) < 4.78 is 5.46. The molecule has 1 nitrogen and oxygen atoms in total. The van der Waals surface area contributed by atoms with E-state index in [-0.39, 0.29) is 0 Å². The van der Waals surface area contributed by atoms with E-state index < -0.39 is 0 Å². The van der Waals surface area contributed by atoms with Crippen LogP contribution < -0.4 is 4.74 Å². The maximum Gasteiger partial charge on any atom is 0.122 e. The molecule has 0 aromatic heterocycles. The fourth-order valence-electron chi connectivity index (χ4n) is 2.61. The van der Waals surface area contributed by atoms with Gasteiger partial charge in [0.25, 0.3) is 0 Å². The Morgan fingerprint density at radius 3 is 2.53 bits per heavy atom. The molecule has 0 spiro atoms. The predicted molar refractivity (Wildman–Crippen MR) is 66.9 cm³/mol. The van der Waals surface area contributed by atoms with Crippen molar-refractivity contribution in [3.05, 3.63) is 29.8 Å². The Hall–Kier alpha value is -0.500. The summed E-state index contributed by atoms with van der Waals surface area (Å²) in [6.07, 6.45) is 5.23. The quantitative estimate of drug-likeness (QED) is 0.756. The van der Waals surface area contributed by atoms with Crippen LogP contribution in [0.15, 0.2) is 24.3 Å². The predicted octanol–water partition coefficient (Wildman–Crippen LogP) is 3.90. The first-order valence-electron chi connectivity index (χ1n) is 5.52. The van der Waals surface area contributed by atoms with Gasteiger partial charge in [-0.3, -0.25) is 0 Å². The van der Waals surface area contributed by atoms with Crippen molar-refractivity contribution in [2.24, 2.45) is 0 Å². The molecule has 0 unspecified atom stereocenters. The number of ether oxygens (including phenoxy) is 1. The molecule has 0 N–H and O–H groups in total. The lowest BCUT2D eigenvalue weighted by Gasteiger charge is -2.28. The van der Waals surface area contributed by atoms with Crippen LogP contribution in [-0.4, -0.2) is 12.4 Å². The van der Waals surface area contributed by atoms with Gasteiger partial charge in [0.2, 0.25) is 0 Å². The molecule has 1 aromatic rings. The van der Waals surface area contributed by atoms with Crippen molar-refractivity contribution < 1.29 is 4.74 Å². The van der Waals surface area contributed by atoms with E-state index in [2.05, 4.69) is 34.1 Å². The van der Waals surface area contributed by atoms with Crippen molar-refractivity contribution in [3.8, 4) is 5.75 Å². The molecule has 0 bridgehead atoms. The average molecular weight is 269 g/mol. The van der Waals surface area contributed by atoms with Gasteiger partial charge in [-0.15, -0.1) is 0 Å². The lowest BCUT2D eigenvalue weighted by atomic mass is 9.80. The standard InChI is InChI=1S/C13H17BrO/c1-15-12-7-3-2-6-11(12)13(10-14)8-4-5-9-13/h2-3,6-7H,4-5,8-10H2,1H3. The first kappa shape index (κ1) is 11.0. The third-order valence-electron chi connectivity index (χ3n) is 3.49. The molecule has 2 rings (SSSR count). The molecule has 0 saturated heterocycles. The minimum Gasteiger partial charge on any atom is -0.496 e. The second-order valence-electron chi connectivity index (χ2n) is 4.32. The van der Waals surface area contributed by atoms with Gasteiger partial charge >= 0.3 is 0 Å². The summed E-state index contributed by atoms with van der Waals surface area (Å²) in [5.74, 6) is 1.04. The molecular formula is C13H17BrO. The Morgan fingerprint density at radius 2 is 1.93 bits per heavy atom. The number of benzene rings is 1. The van der Waals surface area contributed by atoms with Gasteiger partial charge in [-0.05, 0) is 18.9 Å². The van der Waals surface area contributed by atoms with E-state index in [1.165, 1.54) is 31.2 Å². The SMILES string of the molecule is COc1ccccc1C1(CBr)CCCC1. The molecule has 15 heavy (non-hydrogen) atoms. The van der Waals surface area contributed by atoms with Crippen molar-refractivity contribution in [2.45, 2.75) is 31.1 Å². The molecule has 2 heteroatoms. The number of rotatable bonds is 3. The maximum absolute atomic E-state index is 5.46. The third-order valence-corrected chi connectivity index (χ3v) is 4.57. The van der Waals surface area contributed by atoms with Crippen molar-refractivity contribution in [1.29, 1.82) is 0 Å². The van der Waals surface area contributed by atoms with Crippen LogP contribution in [0.3, 0.4) is 0 Å². The van der Waals surface area contributed by atoms with Crippen LogP contribution in [0, 0.1) is 0 Å². The van der Waals surface area contributed by atoms with E-state index in [1.54, 1.807) is 7.11 Å². The van der Waals surface area contributed by atoms with Gasteiger partial charge in [0.1, 0.15) is 5.75 Å². The lowest BCUT2D eigenvalue weighted by Crippen LogP contribution is -2.24. The molecule has 0 radical (unpaired) electrons. The molecule has 1 fully saturated rings. The fraction of sp³-hybridized carbons (Fsp3) is 0.538. The van der Waals surface area contributed by atoms with E-state index in [1.807, 2.05) is 6.07 Å². The maximum atomic E-state index is 5.46. The van der Waals surface area contributed by atoms with Gasteiger partial charge in [-0.25, -0.2) is 0 Å². The number of hydrogen-bond donors (Lipinski definition) is 0. The first-order chi connectivity index (χ1) is 7.32. The van der Waals surface area contributed by atoms with Gasteiger partial charge in [0.15, 0.2) is 0 Å². The van der Waals surface area contributed by atoms with E-state index in [9.17, 15) is 0 Å². The molecule has 0 amide bonds. The Bertz CT molecular complexity index is 329. The van der Waals surface area contributed by atoms with Crippen molar-refractivity contribution >= 4 is 15.9 Å². The highest BCUT2D eigenvalue weighted by atomic mass is 79.9. The normalized spacial score (nSPS) is 19.1. The minimum absolute atomic E-state index is 0.312. The van der Waals surface area contributed by atoms with Crippen molar-refractivity contribution in [1.82, 2.24) is 0 Å². The second kappa shape index (κ2) is 4.56. The summed E-state index contributed by atoms with van der Waals surface area (Å²) in [7, 11) is 1.76. The molecular weight excluding hydrogens is 252 g/mol. The van der Waals surface area contributed by atoms with Crippen LogP contribution in [-0.2, 0) is 5.41 Å². The van der Waals surface area contributed by atoms with Gasteiger partial charge in [0, 0.05) is 16.3 Å². The van der Waals surface area contributed by atoms with Crippen molar-refractivity contribution in [2.75, 3.05) is 12.4 Å². The zero-order valence-electron chi connectivity index (χ0n) is 9.13. The summed E-state index contributed by atoms with van der Waals surface area (Å²) in [6, 6.07) is 8.43. The van der Waals surface area contributed by atoms with Gasteiger partial charge in [-0.1, -0.05) is 47.0 Å². The molecule has 0 heterocycles. The largest absolute Gasteiger partial charge is 0.496 e. The summed E-state index contributed by atoms with van der Waals surface area (Å²) in [4.78, 5) is 0. The number of para-hydroxylation sites is 1. The second-order valence-corrected chi connectivity index (χ2v) is 4.88. The van der Waals surface area contributed by atoms with Crippen molar-refractivity contribution in [3.63, 3.8) is 0 Å². The minimum atomic E-state index is 0.312. The Balaban J connectivity index is 2.41. The first-order valence-corrected chi connectivity index (χ1v) is 6.64. The number of methoxy groups -OCH3 is 1. The molecule has 1 aliphatic carbocycles. The monoisotopic (exact) mass is 268 g/mol. The van der Waals surface area contributed by atoms with Crippen LogP contribution in [0.2, 0.25) is 0 Å². The number of alkyl halides is 1. The van der Waals surface area contributed by atoms with Crippen LogP contribution in [0.4, 0.5) is 0 Å². The number of halogens is 1. The smallest absolute Gasteiger partial charge is 0.122 e. The van der Waals surface area contributed by atoms with Gasteiger partial charge in [0.05, 0.1) is 7.11 Å². The topological polar surface area (TPSA) is 9.23 Å². The highest BCUT2D eigenvalue weighted by Gasteiger charge is 2.36. The summed E-state index contributed by atoms with van der Waals surface area (Å²) in [5, 5.41) is 1.04. The van der Waals surface area contributed by atoms with E-state index >= 15 is 0 Å². The zero-order chi connectivity index (χ0) is 10.7. The molecule has 82 valence electrons. The highest BCUT2D eigenvalue weighted by Crippen LogP contribution is 2.45. The fourth-order valence-corrected chi connectivity index (χ4v) is 3.47. The van der Waals surface area contributed by atoms with Crippen LogP contribution in [0.25, 0.3) is 0 Å². The van der Waals surface area contributed by atoms with Gasteiger partial charge in [-0.2, -0.15) is 0 Å². The molecule has 0 aliphatic heterocycles. The Kier molecular flexibility index (Phi) is 3.35. The van der Waals surface area contributed by atoms with E-state index in [0.717, 1.165) is 11.1 Å². The van der Waals surface area contributed by atoms with Crippen LogP contribution in [0.5, 0.6) is 5.75 Å². The van der Waals surface area contributed by atoms with Crippen LogP contribution in [0.1, 0.15) is 31.2 Å². The summed E-state index contributed by atoms with van der Waals surface area (Å²) >= 11 is 3.68. The Labute approximate surface area is 100.0 Å². The van der Waals surface area contributed by atoms with Crippen LogP contribution >= 0.6 is 15.9 Å². The molecule has 1 aromatic carbocycles.